The number of allylic oxidation sites excluding steroid dienone is 3. The molecule has 1 aromatic carbocycles. The maximum Gasteiger partial charge on any atom is 0.235 e. The van der Waals surface area contributed by atoms with Crippen molar-refractivity contribution < 1.29 is 4.79 Å². The van der Waals surface area contributed by atoms with Crippen LogP contribution in [0, 0.1) is 5.92 Å². The lowest BCUT2D eigenvalue weighted by molar-refractivity contribution is -0.114. The van der Waals surface area contributed by atoms with Crippen molar-refractivity contribution in [2.24, 2.45) is 5.92 Å². The number of rotatable bonds is 5. The van der Waals surface area contributed by atoms with E-state index >= 15 is 0 Å². The monoisotopic (exact) mass is 358 g/mol. The first-order chi connectivity index (χ1) is 12.1. The van der Waals surface area contributed by atoms with Gasteiger partial charge in [0.1, 0.15) is 0 Å². The lowest BCUT2D eigenvalue weighted by Gasteiger charge is -2.49. The first kappa shape index (κ1) is 18.4. The van der Waals surface area contributed by atoms with E-state index in [-0.39, 0.29) is 5.24 Å². The van der Waals surface area contributed by atoms with Crippen LogP contribution in [0.5, 0.6) is 0 Å². The molecule has 2 unspecified atom stereocenters. The predicted molar refractivity (Wildman–Crippen MR) is 104 cm³/mol. The van der Waals surface area contributed by atoms with Crippen molar-refractivity contribution in [3.05, 3.63) is 60.2 Å². The van der Waals surface area contributed by atoms with Gasteiger partial charge in [0, 0.05) is 37.1 Å². The summed E-state index contributed by atoms with van der Waals surface area (Å²) in [5.41, 5.74) is 1.37. The molecule has 0 spiro atoms. The van der Waals surface area contributed by atoms with Crippen molar-refractivity contribution in [1.29, 1.82) is 0 Å². The maximum absolute atomic E-state index is 11.3. The summed E-state index contributed by atoms with van der Waals surface area (Å²) in [6.45, 7) is 6.60. The molecule has 134 valence electrons. The molecular formula is C21H27ClN2O. The van der Waals surface area contributed by atoms with Crippen LogP contribution in [0.15, 0.2) is 54.6 Å². The van der Waals surface area contributed by atoms with Gasteiger partial charge < -0.3 is 0 Å². The van der Waals surface area contributed by atoms with Crippen LogP contribution >= 0.6 is 11.6 Å². The highest BCUT2D eigenvalue weighted by atomic mass is 35.5. The summed E-state index contributed by atoms with van der Waals surface area (Å²) >= 11 is 5.63. The number of carbonyl (C=O) groups excluding carboxylic acids is 1. The lowest BCUT2D eigenvalue weighted by atomic mass is 9.85. The van der Waals surface area contributed by atoms with E-state index in [0.717, 1.165) is 19.5 Å². The second-order valence-corrected chi connectivity index (χ2v) is 7.67. The molecule has 1 fully saturated rings. The fourth-order valence-electron chi connectivity index (χ4n) is 4.16. The van der Waals surface area contributed by atoms with Crippen molar-refractivity contribution in [2.75, 3.05) is 19.6 Å². The first-order valence-corrected chi connectivity index (χ1v) is 9.50. The number of benzene rings is 1. The smallest absolute Gasteiger partial charge is 0.235 e. The molecule has 1 aromatic rings. The van der Waals surface area contributed by atoms with Gasteiger partial charge in [-0.1, -0.05) is 54.6 Å². The molecule has 1 aliphatic carbocycles. The molecule has 0 N–H and O–H groups in total. The third-order valence-electron chi connectivity index (χ3n) is 5.41. The standard InChI is InChI=1S/C21H27ClN2O/c1-16-14-24(17(2)13-23(16)15-20(22)25)21(18-9-5-3-6-10-18)19-11-7-4-8-12-19/h3-11,16-17,19,21H,12-15H2,1-2H3/t16-,17+,19?,21?/m0/s1. The Morgan fingerprint density at radius 2 is 1.92 bits per heavy atom. The summed E-state index contributed by atoms with van der Waals surface area (Å²) in [4.78, 5) is 16.2. The van der Waals surface area contributed by atoms with Crippen LogP contribution in [0.25, 0.3) is 0 Å². The van der Waals surface area contributed by atoms with Gasteiger partial charge in [-0.15, -0.1) is 0 Å². The van der Waals surface area contributed by atoms with Gasteiger partial charge in [0.2, 0.25) is 5.24 Å². The zero-order valence-corrected chi connectivity index (χ0v) is 15.8. The SMILES string of the molecule is C[C@@H]1CN(CC(=O)Cl)[C@@H](C)CN1C(c1ccccc1)C1C=CC=CC1. The minimum Gasteiger partial charge on any atom is -0.290 e. The molecular weight excluding hydrogens is 332 g/mol. The molecule has 25 heavy (non-hydrogen) atoms. The van der Waals surface area contributed by atoms with Gasteiger partial charge in [0.05, 0.1) is 6.54 Å². The van der Waals surface area contributed by atoms with Crippen LogP contribution in [0.4, 0.5) is 0 Å². The number of carbonyl (C=O) groups is 1. The fraction of sp³-hybridized carbons (Fsp3) is 0.476. The number of nitrogens with zero attached hydrogens (tertiary/aromatic N) is 2. The summed E-state index contributed by atoms with van der Waals surface area (Å²) in [7, 11) is 0. The van der Waals surface area contributed by atoms with Gasteiger partial charge in [0.25, 0.3) is 0 Å². The largest absolute Gasteiger partial charge is 0.290 e. The van der Waals surface area contributed by atoms with E-state index in [1.165, 1.54) is 5.56 Å². The van der Waals surface area contributed by atoms with E-state index in [0.29, 0.717) is 30.6 Å². The fourth-order valence-corrected chi connectivity index (χ4v) is 4.31. The molecule has 0 amide bonds. The average Bonchev–Trinajstić information content (AvgIpc) is 2.61. The van der Waals surface area contributed by atoms with Crippen LogP contribution in [-0.4, -0.2) is 46.8 Å². The minimum absolute atomic E-state index is 0.271. The van der Waals surface area contributed by atoms with Crippen LogP contribution < -0.4 is 0 Å². The van der Waals surface area contributed by atoms with Crippen LogP contribution in [0.1, 0.15) is 31.9 Å². The molecule has 2 aliphatic rings. The molecule has 1 saturated heterocycles. The highest BCUT2D eigenvalue weighted by molar-refractivity contribution is 6.64. The Hall–Kier alpha value is -1.42. The summed E-state index contributed by atoms with van der Waals surface area (Å²) in [6.07, 6.45) is 9.97. The quantitative estimate of drug-likeness (QED) is 0.743. The predicted octanol–water partition coefficient (Wildman–Crippen LogP) is 4.02. The highest BCUT2D eigenvalue weighted by Crippen LogP contribution is 2.36. The lowest BCUT2D eigenvalue weighted by Crippen LogP contribution is -2.58. The third kappa shape index (κ3) is 4.41. The topological polar surface area (TPSA) is 23.6 Å². The van der Waals surface area contributed by atoms with E-state index < -0.39 is 0 Å². The summed E-state index contributed by atoms with van der Waals surface area (Å²) in [6, 6.07) is 11.8. The molecule has 1 heterocycles. The van der Waals surface area contributed by atoms with Gasteiger partial charge in [-0.3, -0.25) is 14.6 Å². The van der Waals surface area contributed by atoms with Gasteiger partial charge >= 0.3 is 0 Å². The van der Waals surface area contributed by atoms with Gasteiger partial charge in [-0.25, -0.2) is 0 Å². The molecule has 4 heteroatoms. The van der Waals surface area contributed by atoms with E-state index in [1.54, 1.807) is 0 Å². The number of hydrogen-bond donors (Lipinski definition) is 0. The van der Waals surface area contributed by atoms with Crippen molar-refractivity contribution >= 4 is 16.8 Å². The van der Waals surface area contributed by atoms with Gasteiger partial charge in [-0.05, 0) is 37.4 Å². The molecule has 3 rings (SSSR count). The molecule has 0 saturated carbocycles. The zero-order chi connectivity index (χ0) is 17.8. The van der Waals surface area contributed by atoms with Crippen LogP contribution in [0.3, 0.4) is 0 Å². The number of halogens is 1. The Kier molecular flexibility index (Phi) is 6.10. The maximum atomic E-state index is 11.3. The van der Waals surface area contributed by atoms with E-state index in [4.69, 9.17) is 11.6 Å². The second kappa shape index (κ2) is 8.31. The number of piperazine rings is 1. The Balaban J connectivity index is 1.85. The summed E-state index contributed by atoms with van der Waals surface area (Å²) in [5, 5.41) is -0.271. The molecule has 0 aromatic heterocycles. The average molecular weight is 359 g/mol. The Bertz CT molecular complexity index is 643. The minimum atomic E-state index is -0.271. The summed E-state index contributed by atoms with van der Waals surface area (Å²) < 4.78 is 0. The van der Waals surface area contributed by atoms with Gasteiger partial charge in [0.15, 0.2) is 0 Å². The Morgan fingerprint density at radius 1 is 1.16 bits per heavy atom. The van der Waals surface area contributed by atoms with Crippen LogP contribution in [0.2, 0.25) is 0 Å². The zero-order valence-electron chi connectivity index (χ0n) is 15.0. The first-order valence-electron chi connectivity index (χ1n) is 9.12. The number of hydrogen-bond acceptors (Lipinski definition) is 3. The molecule has 0 radical (unpaired) electrons. The van der Waals surface area contributed by atoms with E-state index in [1.807, 2.05) is 0 Å². The van der Waals surface area contributed by atoms with Crippen molar-refractivity contribution in [3.8, 4) is 0 Å². The normalized spacial score (nSPS) is 28.8. The molecule has 0 bridgehead atoms. The molecule has 3 nitrogen and oxygen atoms in total. The van der Waals surface area contributed by atoms with Crippen molar-refractivity contribution in [2.45, 2.75) is 38.4 Å². The van der Waals surface area contributed by atoms with E-state index in [9.17, 15) is 4.79 Å². The summed E-state index contributed by atoms with van der Waals surface area (Å²) in [5.74, 6) is 0.475. The van der Waals surface area contributed by atoms with Crippen molar-refractivity contribution in [1.82, 2.24) is 9.80 Å². The highest BCUT2D eigenvalue weighted by Gasteiger charge is 2.37. The van der Waals surface area contributed by atoms with E-state index in [2.05, 4.69) is 78.3 Å². The third-order valence-corrected chi connectivity index (χ3v) is 5.53. The Labute approximate surface area is 155 Å². The second-order valence-electron chi connectivity index (χ2n) is 7.25. The molecule has 1 aliphatic heterocycles. The van der Waals surface area contributed by atoms with Crippen molar-refractivity contribution in [3.63, 3.8) is 0 Å². The van der Waals surface area contributed by atoms with Gasteiger partial charge in [-0.2, -0.15) is 0 Å². The Morgan fingerprint density at radius 3 is 2.56 bits per heavy atom. The van der Waals surface area contributed by atoms with Crippen LogP contribution in [-0.2, 0) is 4.79 Å². The molecule has 4 atom stereocenters.